The van der Waals surface area contributed by atoms with Crippen molar-refractivity contribution in [3.63, 3.8) is 0 Å². The van der Waals surface area contributed by atoms with Gasteiger partial charge in [0, 0.05) is 16.9 Å². The number of ether oxygens (including phenoxy) is 1. The molecule has 0 unspecified atom stereocenters. The number of hydrogen-bond donors (Lipinski definition) is 2. The molecule has 0 aliphatic rings. The van der Waals surface area contributed by atoms with Crippen LogP contribution in [0.4, 0.5) is 17.2 Å². The van der Waals surface area contributed by atoms with Gasteiger partial charge < -0.3 is 19.8 Å². The highest BCUT2D eigenvalue weighted by atomic mass is 16.5. The molecule has 0 bridgehead atoms. The van der Waals surface area contributed by atoms with E-state index in [9.17, 15) is 4.79 Å². The fourth-order valence-electron chi connectivity index (χ4n) is 3.28. The lowest BCUT2D eigenvalue weighted by Gasteiger charge is -2.17. The summed E-state index contributed by atoms with van der Waals surface area (Å²) < 4.78 is 12.3. The molecule has 4 rings (SSSR count). The fraction of sp³-hybridized carbons (Fsp3) is 0.238. The molecule has 1 aromatic carbocycles. The Kier molecular flexibility index (Phi) is 5.34. The third-order valence-electron chi connectivity index (χ3n) is 4.69. The second-order valence-electron chi connectivity index (χ2n) is 6.72. The van der Waals surface area contributed by atoms with Gasteiger partial charge in [-0.2, -0.15) is 14.6 Å². The zero-order valence-electron chi connectivity index (χ0n) is 17.0. The van der Waals surface area contributed by atoms with Crippen molar-refractivity contribution in [2.45, 2.75) is 26.7 Å². The molecule has 1 amide bonds. The first kappa shape index (κ1) is 19.4. The Labute approximate surface area is 173 Å². The van der Waals surface area contributed by atoms with Crippen LogP contribution in [0.25, 0.3) is 5.78 Å². The van der Waals surface area contributed by atoms with Gasteiger partial charge in [0.25, 0.3) is 11.7 Å². The summed E-state index contributed by atoms with van der Waals surface area (Å²) in [5.41, 5.74) is 3.20. The summed E-state index contributed by atoms with van der Waals surface area (Å²) in [6.45, 7) is 4.07. The number of aromatic nitrogens is 4. The molecule has 9 heteroatoms. The second-order valence-corrected chi connectivity index (χ2v) is 6.72. The number of carbonyl (C=O) groups excluding carboxylic acids is 1. The first-order valence-corrected chi connectivity index (χ1v) is 9.59. The predicted molar refractivity (Wildman–Crippen MR) is 112 cm³/mol. The zero-order chi connectivity index (χ0) is 21.1. The summed E-state index contributed by atoms with van der Waals surface area (Å²) in [7, 11) is 1.59. The average molecular weight is 406 g/mol. The third kappa shape index (κ3) is 3.69. The van der Waals surface area contributed by atoms with Gasteiger partial charge in [-0.25, -0.2) is 4.98 Å². The first-order valence-electron chi connectivity index (χ1n) is 9.59. The fourth-order valence-corrected chi connectivity index (χ4v) is 3.28. The molecular formula is C21H22N6O3. The molecule has 0 saturated heterocycles. The molecule has 4 aromatic rings. The summed E-state index contributed by atoms with van der Waals surface area (Å²) in [5, 5.41) is 10.6. The summed E-state index contributed by atoms with van der Waals surface area (Å²) >= 11 is 0. The van der Waals surface area contributed by atoms with E-state index in [4.69, 9.17) is 9.15 Å². The Hall–Kier alpha value is -3.88. The molecule has 0 atom stereocenters. The number of fused-ring (bicyclic) bond motifs is 1. The van der Waals surface area contributed by atoms with Crippen LogP contribution in [0, 0.1) is 6.92 Å². The molecule has 9 nitrogen and oxygen atoms in total. The number of anilines is 3. The summed E-state index contributed by atoms with van der Waals surface area (Å²) in [6, 6.07) is 8.62. The van der Waals surface area contributed by atoms with Gasteiger partial charge in [-0.1, -0.05) is 13.3 Å². The van der Waals surface area contributed by atoms with Gasteiger partial charge in [-0.3, -0.25) is 4.79 Å². The molecule has 0 aliphatic carbocycles. The molecule has 0 fully saturated rings. The number of rotatable bonds is 7. The minimum absolute atomic E-state index is 0.236. The van der Waals surface area contributed by atoms with Crippen molar-refractivity contribution in [3.05, 3.63) is 59.9 Å². The van der Waals surface area contributed by atoms with Crippen LogP contribution >= 0.6 is 0 Å². The Bertz CT molecular complexity index is 1180. The second kappa shape index (κ2) is 8.24. The number of hydrogen-bond acceptors (Lipinski definition) is 7. The number of furan rings is 1. The van der Waals surface area contributed by atoms with Crippen LogP contribution in [-0.4, -0.2) is 32.6 Å². The number of nitrogens with one attached hydrogen (secondary N) is 2. The molecular weight excluding hydrogens is 384 g/mol. The van der Waals surface area contributed by atoms with Gasteiger partial charge in [0.2, 0.25) is 0 Å². The molecule has 0 saturated carbocycles. The van der Waals surface area contributed by atoms with Crippen LogP contribution in [0.1, 0.15) is 35.2 Å². The Balaban J connectivity index is 1.73. The minimum atomic E-state index is -0.332. The van der Waals surface area contributed by atoms with Gasteiger partial charge >= 0.3 is 0 Å². The number of benzene rings is 1. The lowest BCUT2D eigenvalue weighted by atomic mass is 10.1. The van der Waals surface area contributed by atoms with E-state index in [0.717, 1.165) is 29.9 Å². The standard InChI is InChI=1S/C21H22N6O3/c1-4-6-15-13(2)24-21-22-12-23-27(21)19(15)26-16-11-14(8-9-17(16)29-3)25-20(28)18-7-5-10-30-18/h5,7-12,26H,4,6H2,1-3H3,(H,25,28). The van der Waals surface area contributed by atoms with E-state index < -0.39 is 0 Å². The Morgan fingerprint density at radius 3 is 2.90 bits per heavy atom. The normalized spacial score (nSPS) is 10.9. The maximum atomic E-state index is 12.3. The number of nitrogens with zero attached hydrogens (tertiary/aromatic N) is 4. The maximum Gasteiger partial charge on any atom is 0.291 e. The van der Waals surface area contributed by atoms with E-state index in [1.807, 2.05) is 6.92 Å². The summed E-state index contributed by atoms with van der Waals surface area (Å²) in [5.74, 6) is 1.80. The van der Waals surface area contributed by atoms with Crippen LogP contribution in [0.2, 0.25) is 0 Å². The highest BCUT2D eigenvalue weighted by Gasteiger charge is 2.17. The SMILES string of the molecule is CCCc1c(C)nc2ncnn2c1Nc1cc(NC(=O)c2ccco2)ccc1OC. The van der Waals surface area contributed by atoms with Crippen molar-refractivity contribution in [1.82, 2.24) is 19.6 Å². The predicted octanol–water partition coefficient (Wildman–Crippen LogP) is 3.98. The van der Waals surface area contributed by atoms with Crippen LogP contribution in [0.5, 0.6) is 5.75 Å². The van der Waals surface area contributed by atoms with Crippen molar-refractivity contribution in [2.75, 3.05) is 17.7 Å². The van der Waals surface area contributed by atoms with Crippen molar-refractivity contribution in [3.8, 4) is 5.75 Å². The molecule has 154 valence electrons. The highest BCUT2D eigenvalue weighted by Crippen LogP contribution is 2.33. The van der Waals surface area contributed by atoms with Gasteiger partial charge in [-0.05, 0) is 43.7 Å². The lowest BCUT2D eigenvalue weighted by molar-refractivity contribution is 0.0996. The van der Waals surface area contributed by atoms with E-state index in [0.29, 0.717) is 22.9 Å². The monoisotopic (exact) mass is 406 g/mol. The van der Waals surface area contributed by atoms with Crippen LogP contribution in [-0.2, 0) is 6.42 Å². The number of methoxy groups -OCH3 is 1. The number of amides is 1. The number of aryl methyl sites for hydroxylation is 1. The van der Waals surface area contributed by atoms with Crippen LogP contribution in [0.3, 0.4) is 0 Å². The van der Waals surface area contributed by atoms with Crippen LogP contribution < -0.4 is 15.4 Å². The topological polar surface area (TPSA) is 107 Å². The summed E-state index contributed by atoms with van der Waals surface area (Å²) in [6.07, 6.45) is 4.71. The first-order chi connectivity index (χ1) is 14.6. The van der Waals surface area contributed by atoms with Crippen molar-refractivity contribution in [2.24, 2.45) is 0 Å². The minimum Gasteiger partial charge on any atom is -0.495 e. The van der Waals surface area contributed by atoms with Gasteiger partial charge in [0.1, 0.15) is 17.9 Å². The third-order valence-corrected chi connectivity index (χ3v) is 4.69. The Morgan fingerprint density at radius 1 is 1.30 bits per heavy atom. The van der Waals surface area contributed by atoms with Gasteiger partial charge in [0.05, 0.1) is 19.1 Å². The molecule has 3 heterocycles. The van der Waals surface area contributed by atoms with E-state index in [2.05, 4.69) is 32.6 Å². The maximum absolute atomic E-state index is 12.3. The average Bonchev–Trinajstić information content (AvgIpc) is 3.43. The van der Waals surface area contributed by atoms with E-state index in [1.165, 1.54) is 12.6 Å². The quantitative estimate of drug-likeness (QED) is 0.478. The highest BCUT2D eigenvalue weighted by molar-refractivity contribution is 6.02. The van der Waals surface area contributed by atoms with E-state index in [1.54, 1.807) is 42.0 Å². The van der Waals surface area contributed by atoms with Crippen molar-refractivity contribution >= 4 is 28.9 Å². The molecule has 30 heavy (non-hydrogen) atoms. The number of carbonyl (C=O) groups is 1. The largest absolute Gasteiger partial charge is 0.495 e. The molecule has 0 spiro atoms. The summed E-state index contributed by atoms with van der Waals surface area (Å²) in [4.78, 5) is 21.1. The van der Waals surface area contributed by atoms with E-state index in [-0.39, 0.29) is 11.7 Å². The molecule has 0 aliphatic heterocycles. The Morgan fingerprint density at radius 2 is 2.17 bits per heavy atom. The van der Waals surface area contributed by atoms with Gasteiger partial charge in [0.15, 0.2) is 5.76 Å². The molecule has 2 N–H and O–H groups in total. The molecule has 0 radical (unpaired) electrons. The zero-order valence-corrected chi connectivity index (χ0v) is 17.0. The van der Waals surface area contributed by atoms with Crippen molar-refractivity contribution in [1.29, 1.82) is 0 Å². The van der Waals surface area contributed by atoms with Crippen LogP contribution in [0.15, 0.2) is 47.3 Å². The van der Waals surface area contributed by atoms with Gasteiger partial charge in [-0.15, -0.1) is 0 Å². The smallest absolute Gasteiger partial charge is 0.291 e. The lowest BCUT2D eigenvalue weighted by Crippen LogP contribution is -2.12. The molecule has 3 aromatic heterocycles. The van der Waals surface area contributed by atoms with E-state index >= 15 is 0 Å². The van der Waals surface area contributed by atoms with Crippen molar-refractivity contribution < 1.29 is 13.9 Å².